The molecule has 1 aliphatic rings. The van der Waals surface area contributed by atoms with Crippen LogP contribution < -0.4 is 10.6 Å². The van der Waals surface area contributed by atoms with Gasteiger partial charge in [-0.3, -0.25) is 4.99 Å². The summed E-state index contributed by atoms with van der Waals surface area (Å²) in [6, 6.07) is 14.7. The van der Waals surface area contributed by atoms with Crippen LogP contribution in [0.3, 0.4) is 0 Å². The summed E-state index contributed by atoms with van der Waals surface area (Å²) < 4.78 is 5.35. The van der Waals surface area contributed by atoms with Crippen LogP contribution in [-0.2, 0) is 11.8 Å². The van der Waals surface area contributed by atoms with Gasteiger partial charge in [-0.05, 0) is 30.5 Å². The second-order valence-corrected chi connectivity index (χ2v) is 6.18. The Labute approximate surface area is 138 Å². The number of benzene rings is 1. The van der Waals surface area contributed by atoms with Gasteiger partial charge in [0.05, 0.1) is 6.26 Å². The van der Waals surface area contributed by atoms with Crippen molar-refractivity contribution in [1.82, 2.24) is 10.6 Å². The monoisotopic (exact) mass is 311 g/mol. The van der Waals surface area contributed by atoms with Crippen molar-refractivity contribution in [3.63, 3.8) is 0 Å². The third-order valence-electron chi connectivity index (χ3n) is 4.76. The number of rotatable bonds is 6. The number of furan rings is 1. The molecule has 0 aliphatic heterocycles. The van der Waals surface area contributed by atoms with E-state index >= 15 is 0 Å². The van der Waals surface area contributed by atoms with E-state index in [1.54, 1.807) is 6.26 Å². The van der Waals surface area contributed by atoms with Gasteiger partial charge in [0.15, 0.2) is 5.96 Å². The van der Waals surface area contributed by atoms with E-state index in [0.717, 1.165) is 31.2 Å². The first kappa shape index (κ1) is 15.7. The number of guanidine groups is 1. The van der Waals surface area contributed by atoms with Crippen molar-refractivity contribution in [2.45, 2.75) is 31.1 Å². The van der Waals surface area contributed by atoms with Crippen molar-refractivity contribution in [2.75, 3.05) is 20.1 Å². The van der Waals surface area contributed by atoms with Gasteiger partial charge in [-0.2, -0.15) is 0 Å². The molecule has 1 fully saturated rings. The zero-order valence-corrected chi connectivity index (χ0v) is 13.7. The maximum absolute atomic E-state index is 5.35. The van der Waals surface area contributed by atoms with Gasteiger partial charge in [-0.15, -0.1) is 0 Å². The normalized spacial score (nSPS) is 16.7. The van der Waals surface area contributed by atoms with Crippen molar-refractivity contribution in [3.8, 4) is 0 Å². The number of nitrogens with one attached hydrogen (secondary N) is 2. The van der Waals surface area contributed by atoms with Gasteiger partial charge in [0.2, 0.25) is 0 Å². The average molecular weight is 311 g/mol. The lowest BCUT2D eigenvalue weighted by Gasteiger charge is -2.43. The summed E-state index contributed by atoms with van der Waals surface area (Å²) in [5.41, 5.74) is 1.70. The fourth-order valence-electron chi connectivity index (χ4n) is 3.20. The van der Waals surface area contributed by atoms with Crippen LogP contribution in [0.1, 0.15) is 30.6 Å². The Morgan fingerprint density at radius 1 is 1.13 bits per heavy atom. The largest absolute Gasteiger partial charge is 0.469 e. The highest BCUT2D eigenvalue weighted by Crippen LogP contribution is 2.43. The van der Waals surface area contributed by atoms with Crippen LogP contribution in [0.15, 0.2) is 58.1 Å². The quantitative estimate of drug-likeness (QED) is 0.636. The van der Waals surface area contributed by atoms with E-state index in [1.165, 1.54) is 24.8 Å². The molecule has 0 saturated heterocycles. The summed E-state index contributed by atoms with van der Waals surface area (Å²) in [4.78, 5) is 4.33. The first-order valence-electron chi connectivity index (χ1n) is 8.35. The summed E-state index contributed by atoms with van der Waals surface area (Å²) in [7, 11) is 1.82. The molecule has 1 aliphatic carbocycles. The molecule has 0 bridgehead atoms. The van der Waals surface area contributed by atoms with E-state index in [2.05, 4.69) is 46.0 Å². The molecule has 0 spiro atoms. The topological polar surface area (TPSA) is 49.6 Å². The minimum absolute atomic E-state index is 0.264. The Hall–Kier alpha value is -2.23. The highest BCUT2D eigenvalue weighted by molar-refractivity contribution is 5.79. The van der Waals surface area contributed by atoms with E-state index in [4.69, 9.17) is 4.42 Å². The second-order valence-electron chi connectivity index (χ2n) is 6.18. The molecule has 2 aromatic rings. The van der Waals surface area contributed by atoms with Crippen molar-refractivity contribution in [3.05, 3.63) is 60.1 Å². The van der Waals surface area contributed by atoms with E-state index < -0.39 is 0 Å². The Balaban J connectivity index is 1.51. The first-order valence-corrected chi connectivity index (χ1v) is 8.35. The van der Waals surface area contributed by atoms with Gasteiger partial charge in [-0.25, -0.2) is 0 Å². The standard InChI is InChI=1S/C19H25N3O/c1-20-18(21-13-10-17-9-5-14-23-17)22-15-19(11-6-12-19)16-7-3-2-4-8-16/h2-5,7-9,14H,6,10-13,15H2,1H3,(H2,20,21,22). The summed E-state index contributed by atoms with van der Waals surface area (Å²) in [6.07, 6.45) is 6.36. The molecular formula is C19H25N3O. The Bertz CT molecular complexity index is 615. The van der Waals surface area contributed by atoms with Crippen LogP contribution in [0, 0.1) is 0 Å². The number of hydrogen-bond acceptors (Lipinski definition) is 2. The predicted molar refractivity (Wildman–Crippen MR) is 93.7 cm³/mol. The predicted octanol–water partition coefficient (Wildman–Crippen LogP) is 3.11. The van der Waals surface area contributed by atoms with Crippen molar-refractivity contribution >= 4 is 5.96 Å². The highest BCUT2D eigenvalue weighted by Gasteiger charge is 2.38. The maximum atomic E-state index is 5.35. The Morgan fingerprint density at radius 2 is 1.96 bits per heavy atom. The van der Waals surface area contributed by atoms with Crippen LogP contribution in [0.4, 0.5) is 0 Å². The molecule has 3 rings (SSSR count). The molecule has 0 atom stereocenters. The number of hydrogen-bond donors (Lipinski definition) is 2. The van der Waals surface area contributed by atoms with E-state index in [-0.39, 0.29) is 5.41 Å². The van der Waals surface area contributed by atoms with Gasteiger partial charge in [0, 0.05) is 32.0 Å². The number of aliphatic imine (C=N–C) groups is 1. The lowest BCUT2D eigenvalue weighted by Crippen LogP contribution is -2.49. The van der Waals surface area contributed by atoms with Crippen molar-refractivity contribution < 1.29 is 4.42 Å². The molecule has 4 heteroatoms. The van der Waals surface area contributed by atoms with E-state index in [9.17, 15) is 0 Å². The van der Waals surface area contributed by atoms with Gasteiger partial charge < -0.3 is 15.1 Å². The average Bonchev–Trinajstić information content (AvgIpc) is 3.06. The van der Waals surface area contributed by atoms with Crippen LogP contribution in [0.25, 0.3) is 0 Å². The summed E-state index contributed by atoms with van der Waals surface area (Å²) >= 11 is 0. The molecule has 0 amide bonds. The fourth-order valence-corrected chi connectivity index (χ4v) is 3.20. The minimum Gasteiger partial charge on any atom is -0.469 e. The van der Waals surface area contributed by atoms with Crippen LogP contribution in [-0.4, -0.2) is 26.1 Å². The lowest BCUT2D eigenvalue weighted by atomic mass is 9.64. The molecule has 1 aromatic heterocycles. The smallest absolute Gasteiger partial charge is 0.191 e. The molecule has 1 aromatic carbocycles. The third kappa shape index (κ3) is 3.76. The van der Waals surface area contributed by atoms with Gasteiger partial charge >= 0.3 is 0 Å². The molecule has 1 heterocycles. The van der Waals surface area contributed by atoms with Crippen molar-refractivity contribution in [1.29, 1.82) is 0 Å². The first-order chi connectivity index (χ1) is 11.3. The van der Waals surface area contributed by atoms with Crippen molar-refractivity contribution in [2.24, 2.45) is 4.99 Å². The molecule has 23 heavy (non-hydrogen) atoms. The Morgan fingerprint density at radius 3 is 2.57 bits per heavy atom. The van der Waals surface area contributed by atoms with Gasteiger partial charge in [0.25, 0.3) is 0 Å². The molecular weight excluding hydrogens is 286 g/mol. The summed E-state index contributed by atoms with van der Waals surface area (Å²) in [6.45, 7) is 1.74. The molecule has 4 nitrogen and oxygen atoms in total. The zero-order valence-electron chi connectivity index (χ0n) is 13.7. The van der Waals surface area contributed by atoms with E-state index in [0.29, 0.717) is 0 Å². The minimum atomic E-state index is 0.264. The third-order valence-corrected chi connectivity index (χ3v) is 4.76. The van der Waals surface area contributed by atoms with E-state index in [1.807, 2.05) is 19.2 Å². The zero-order chi connectivity index (χ0) is 16.0. The van der Waals surface area contributed by atoms with Gasteiger partial charge in [-0.1, -0.05) is 36.8 Å². The summed E-state index contributed by atoms with van der Waals surface area (Å²) in [5.74, 6) is 1.85. The second kappa shape index (κ2) is 7.36. The van der Waals surface area contributed by atoms with Crippen LogP contribution >= 0.6 is 0 Å². The lowest BCUT2D eigenvalue weighted by molar-refractivity contribution is 0.244. The van der Waals surface area contributed by atoms with Crippen LogP contribution in [0.2, 0.25) is 0 Å². The molecule has 122 valence electrons. The molecule has 1 saturated carbocycles. The maximum Gasteiger partial charge on any atom is 0.191 e. The summed E-state index contributed by atoms with van der Waals surface area (Å²) in [5, 5.41) is 6.86. The molecule has 0 radical (unpaired) electrons. The molecule has 2 N–H and O–H groups in total. The number of nitrogens with zero attached hydrogens (tertiary/aromatic N) is 1. The van der Waals surface area contributed by atoms with Crippen LogP contribution in [0.5, 0.6) is 0 Å². The fraction of sp³-hybridized carbons (Fsp3) is 0.421. The SMILES string of the molecule is CN=C(NCCc1ccco1)NCC1(c2ccccc2)CCC1. The molecule has 0 unspecified atom stereocenters. The van der Waals surface area contributed by atoms with Gasteiger partial charge in [0.1, 0.15) is 5.76 Å². The highest BCUT2D eigenvalue weighted by atomic mass is 16.3. The Kier molecular flexibility index (Phi) is 5.01.